The topological polar surface area (TPSA) is 28.3 Å². The predicted molar refractivity (Wildman–Crippen MR) is 149 cm³/mol. The Morgan fingerprint density at radius 1 is 0.971 bits per heavy atom. The van der Waals surface area contributed by atoms with Crippen molar-refractivity contribution in [1.29, 1.82) is 0 Å². The van der Waals surface area contributed by atoms with Gasteiger partial charge in [0.05, 0.1) is 6.61 Å². The van der Waals surface area contributed by atoms with Crippen LogP contribution in [0.25, 0.3) is 10.9 Å². The second-order valence-corrected chi connectivity index (χ2v) is 17.4. The summed E-state index contributed by atoms with van der Waals surface area (Å²) in [4.78, 5) is 6.26. The quantitative estimate of drug-likeness (QED) is 0.370. The van der Waals surface area contributed by atoms with Gasteiger partial charge in [0.2, 0.25) is 0 Å². The predicted octanol–water partition coefficient (Wildman–Crippen LogP) is 7.05. The van der Waals surface area contributed by atoms with Gasteiger partial charge in [-0.1, -0.05) is 82.4 Å². The zero-order valence-corrected chi connectivity index (χ0v) is 23.4. The molecule has 4 heteroatoms. The minimum Gasteiger partial charge on any atom is -0.376 e. The van der Waals surface area contributed by atoms with Crippen LogP contribution in [0.2, 0.25) is 18.1 Å². The van der Waals surface area contributed by atoms with Crippen LogP contribution in [0.3, 0.4) is 0 Å². The maximum absolute atomic E-state index is 6.50. The number of hydrogen-bond acceptors (Lipinski definition) is 2. The van der Waals surface area contributed by atoms with E-state index in [4.69, 9.17) is 4.74 Å². The fraction of sp³-hybridized carbons (Fsp3) is 0.533. The van der Waals surface area contributed by atoms with Crippen molar-refractivity contribution >= 4 is 24.3 Å². The molecule has 1 aromatic heterocycles. The number of rotatable bonds is 7. The Labute approximate surface area is 207 Å². The number of para-hydroxylation sites is 1. The van der Waals surface area contributed by atoms with Crippen LogP contribution in [0.5, 0.6) is 0 Å². The molecule has 1 aliphatic rings. The Bertz CT molecular complexity index is 1090. The Hall–Kier alpha value is -1.88. The molecule has 3 nitrogen and oxygen atoms in total. The molecule has 0 unspecified atom stereocenters. The van der Waals surface area contributed by atoms with Crippen LogP contribution in [0.15, 0.2) is 54.6 Å². The summed E-state index contributed by atoms with van der Waals surface area (Å²) in [5.74, 6) is 0.637. The van der Waals surface area contributed by atoms with E-state index in [0.717, 1.165) is 6.61 Å². The molecule has 1 fully saturated rings. The van der Waals surface area contributed by atoms with Gasteiger partial charge in [-0.2, -0.15) is 0 Å². The van der Waals surface area contributed by atoms with Gasteiger partial charge in [-0.25, -0.2) is 0 Å². The van der Waals surface area contributed by atoms with Crippen molar-refractivity contribution in [3.63, 3.8) is 0 Å². The second kappa shape index (κ2) is 9.64. The smallest absolute Gasteiger partial charge is 0.107 e. The normalized spacial score (nSPS) is 21.9. The van der Waals surface area contributed by atoms with Crippen LogP contribution in [-0.4, -0.2) is 38.7 Å². The molecule has 34 heavy (non-hydrogen) atoms. The maximum Gasteiger partial charge on any atom is 0.107 e. The number of benzene rings is 2. The van der Waals surface area contributed by atoms with Crippen LogP contribution in [0.4, 0.5) is 0 Å². The fourth-order valence-corrected chi connectivity index (χ4v) is 7.81. The lowest BCUT2D eigenvalue weighted by Gasteiger charge is -2.45. The molecular formula is C30H44N2OSi. The van der Waals surface area contributed by atoms with Crippen molar-refractivity contribution < 1.29 is 4.74 Å². The molecule has 0 atom stereocenters. The molecule has 1 aliphatic carbocycles. The molecule has 1 saturated carbocycles. The van der Waals surface area contributed by atoms with Crippen molar-refractivity contribution in [3.8, 4) is 0 Å². The molecule has 0 spiro atoms. The molecule has 184 valence electrons. The van der Waals surface area contributed by atoms with Gasteiger partial charge >= 0.3 is 0 Å². The van der Waals surface area contributed by atoms with Crippen molar-refractivity contribution in [3.05, 3.63) is 65.7 Å². The summed E-state index contributed by atoms with van der Waals surface area (Å²) in [5.41, 5.74) is 4.25. The Morgan fingerprint density at radius 2 is 1.59 bits per heavy atom. The summed E-state index contributed by atoms with van der Waals surface area (Å²) in [5, 5.41) is 3.07. The third-order valence-corrected chi connectivity index (χ3v) is 14.4. The number of ether oxygens (including phenoxy) is 1. The Balaban J connectivity index is 1.46. The summed E-state index contributed by atoms with van der Waals surface area (Å²) < 4.78 is 6.50. The minimum atomic E-state index is -1.71. The Morgan fingerprint density at radius 3 is 2.21 bits per heavy atom. The monoisotopic (exact) mass is 476 g/mol. The highest BCUT2D eigenvalue weighted by Gasteiger charge is 2.41. The van der Waals surface area contributed by atoms with Gasteiger partial charge in [0.15, 0.2) is 0 Å². The van der Waals surface area contributed by atoms with Gasteiger partial charge in [-0.05, 0) is 62.4 Å². The van der Waals surface area contributed by atoms with Crippen LogP contribution in [0.1, 0.15) is 57.6 Å². The molecule has 0 saturated heterocycles. The van der Waals surface area contributed by atoms with E-state index in [9.17, 15) is 0 Å². The van der Waals surface area contributed by atoms with Crippen LogP contribution in [0, 0.1) is 5.92 Å². The van der Waals surface area contributed by atoms with Crippen LogP contribution >= 0.6 is 0 Å². The first-order valence-corrected chi connectivity index (χ1v) is 16.0. The van der Waals surface area contributed by atoms with Gasteiger partial charge in [-0.15, -0.1) is 0 Å². The van der Waals surface area contributed by atoms with E-state index < -0.39 is 8.07 Å². The number of nitrogens with one attached hydrogen (secondary N) is 1. The van der Waals surface area contributed by atoms with Gasteiger partial charge in [0, 0.05) is 33.9 Å². The summed E-state index contributed by atoms with van der Waals surface area (Å²) >= 11 is 0. The molecule has 3 aromatic rings. The zero-order chi connectivity index (χ0) is 24.6. The number of H-pyrrole nitrogens is 1. The van der Waals surface area contributed by atoms with E-state index >= 15 is 0 Å². The standard InChI is InChI=1S/C30H44N2OSi/c1-29(2,3)34(6,7)28-26(25-15-11-12-16-27(25)31-28)22-33-21-23-17-19-30(20-18-23,32(4)5)24-13-9-8-10-14-24/h8-16,23,31H,17-22H2,1-7H3. The van der Waals surface area contributed by atoms with E-state index in [1.54, 1.807) is 0 Å². The van der Waals surface area contributed by atoms with Gasteiger partial charge in [0.25, 0.3) is 0 Å². The lowest BCUT2D eigenvalue weighted by Crippen LogP contribution is -2.51. The number of hydrogen-bond donors (Lipinski definition) is 1. The third kappa shape index (κ3) is 4.65. The van der Waals surface area contributed by atoms with Crippen LogP contribution < -0.4 is 5.32 Å². The molecule has 0 aliphatic heterocycles. The van der Waals surface area contributed by atoms with Crippen molar-refractivity contribution in [2.45, 2.75) is 76.7 Å². The molecule has 1 heterocycles. The van der Waals surface area contributed by atoms with Gasteiger partial charge in [0.1, 0.15) is 8.07 Å². The summed E-state index contributed by atoms with van der Waals surface area (Å²) in [6.07, 6.45) is 4.83. The van der Waals surface area contributed by atoms with Gasteiger partial charge < -0.3 is 9.72 Å². The van der Waals surface area contributed by atoms with Crippen molar-refractivity contribution in [2.24, 2.45) is 5.92 Å². The fourth-order valence-electron chi connectivity index (χ4n) is 5.65. The largest absolute Gasteiger partial charge is 0.376 e. The SMILES string of the molecule is CN(C)C1(c2ccccc2)CCC(COCc2c([Si](C)(C)C(C)(C)C)[nH]c3ccccc23)CC1. The number of fused-ring (bicyclic) bond motifs is 1. The highest BCUT2D eigenvalue weighted by molar-refractivity contribution is 6.92. The second-order valence-electron chi connectivity index (χ2n) is 12.1. The lowest BCUT2D eigenvalue weighted by atomic mass is 9.72. The summed E-state index contributed by atoms with van der Waals surface area (Å²) in [6, 6.07) is 19.8. The number of aromatic nitrogens is 1. The van der Waals surface area contributed by atoms with Gasteiger partial charge in [-0.3, -0.25) is 4.90 Å². The number of aromatic amines is 1. The average molecular weight is 477 g/mol. The molecule has 1 N–H and O–H groups in total. The first-order valence-electron chi connectivity index (χ1n) is 13.0. The highest BCUT2D eigenvalue weighted by Crippen LogP contribution is 2.43. The average Bonchev–Trinajstić information content (AvgIpc) is 3.19. The minimum absolute atomic E-state index is 0.157. The number of nitrogens with zero attached hydrogens (tertiary/aromatic N) is 1. The van der Waals surface area contributed by atoms with E-state index in [0.29, 0.717) is 12.5 Å². The molecular weight excluding hydrogens is 432 g/mol. The summed E-state index contributed by atoms with van der Waals surface area (Å²) in [6.45, 7) is 13.7. The molecule has 2 aromatic carbocycles. The van der Waals surface area contributed by atoms with E-state index in [2.05, 4.69) is 112 Å². The van der Waals surface area contributed by atoms with Crippen molar-refractivity contribution in [2.75, 3.05) is 20.7 Å². The molecule has 0 amide bonds. The molecule has 0 bridgehead atoms. The lowest BCUT2D eigenvalue weighted by molar-refractivity contribution is 0.0292. The molecule has 0 radical (unpaired) electrons. The van der Waals surface area contributed by atoms with E-state index in [-0.39, 0.29) is 10.6 Å². The zero-order valence-electron chi connectivity index (χ0n) is 22.4. The van der Waals surface area contributed by atoms with Crippen LogP contribution in [-0.2, 0) is 16.9 Å². The first-order chi connectivity index (χ1) is 16.1. The third-order valence-electron chi connectivity index (χ3n) is 9.01. The van der Waals surface area contributed by atoms with E-state index in [1.165, 1.54) is 53.0 Å². The van der Waals surface area contributed by atoms with E-state index in [1.807, 2.05) is 0 Å². The first kappa shape index (κ1) is 25.2. The highest BCUT2D eigenvalue weighted by atomic mass is 28.3. The summed E-state index contributed by atoms with van der Waals surface area (Å²) in [7, 11) is 2.77. The maximum atomic E-state index is 6.50. The Kier molecular flexibility index (Phi) is 7.15. The van der Waals surface area contributed by atoms with Crippen molar-refractivity contribution in [1.82, 2.24) is 9.88 Å². The molecule has 4 rings (SSSR count).